The summed E-state index contributed by atoms with van der Waals surface area (Å²) >= 11 is 0. The lowest BCUT2D eigenvalue weighted by molar-refractivity contribution is 0.0529. The molecule has 0 radical (unpaired) electrons. The fraction of sp³-hybridized carbons (Fsp3) is 0.500. The van der Waals surface area contributed by atoms with Gasteiger partial charge < -0.3 is 14.6 Å². The maximum atomic E-state index is 5.45. The minimum Gasteiger partial charge on any atom is -0.381 e. The molecule has 1 atom stereocenters. The second-order valence-electron chi connectivity index (χ2n) is 5.89. The summed E-state index contributed by atoms with van der Waals surface area (Å²) in [6, 6.07) is 12.6. The molecule has 1 aromatic heterocycles. The molecule has 0 aliphatic carbocycles. The molecule has 1 unspecified atom stereocenters. The smallest absolute Gasteiger partial charge is 0.167 e. The van der Waals surface area contributed by atoms with Gasteiger partial charge in [-0.05, 0) is 25.2 Å². The molecular weight excluding hydrogens is 276 g/mol. The van der Waals surface area contributed by atoms with Gasteiger partial charge in [0.25, 0.3) is 0 Å². The van der Waals surface area contributed by atoms with Gasteiger partial charge in [-0.15, -0.1) is 0 Å². The van der Waals surface area contributed by atoms with Crippen molar-refractivity contribution in [1.82, 2.24) is 10.5 Å². The van der Waals surface area contributed by atoms with E-state index in [2.05, 4.69) is 17.4 Å². The molecule has 0 bridgehead atoms. The third kappa shape index (κ3) is 3.76. The van der Waals surface area contributed by atoms with E-state index in [4.69, 9.17) is 9.26 Å². The van der Waals surface area contributed by atoms with E-state index in [1.807, 2.05) is 36.4 Å². The van der Waals surface area contributed by atoms with Crippen molar-refractivity contribution in [3.8, 4) is 11.3 Å². The first-order chi connectivity index (χ1) is 10.9. The zero-order chi connectivity index (χ0) is 15.2. The fourth-order valence-corrected chi connectivity index (χ4v) is 3.13. The van der Waals surface area contributed by atoms with Gasteiger partial charge in [-0.2, -0.15) is 0 Å². The summed E-state index contributed by atoms with van der Waals surface area (Å²) in [4.78, 5) is 0. The van der Waals surface area contributed by atoms with E-state index >= 15 is 0 Å². The van der Waals surface area contributed by atoms with Crippen LogP contribution in [-0.4, -0.2) is 24.4 Å². The summed E-state index contributed by atoms with van der Waals surface area (Å²) in [5.41, 5.74) is 2.03. The molecular formula is C18H24N2O2. The molecule has 1 aromatic carbocycles. The predicted octanol–water partition coefficient (Wildman–Crippen LogP) is 3.64. The lowest BCUT2D eigenvalue weighted by Gasteiger charge is -2.30. The van der Waals surface area contributed by atoms with Gasteiger partial charge >= 0.3 is 0 Å². The van der Waals surface area contributed by atoms with Crippen LogP contribution in [0.2, 0.25) is 0 Å². The van der Waals surface area contributed by atoms with Crippen LogP contribution in [0.15, 0.2) is 40.9 Å². The Balaban J connectivity index is 1.58. The Hall–Kier alpha value is -1.65. The number of hydrogen-bond donors (Lipinski definition) is 1. The normalized spacial score (nSPS) is 17.5. The number of nitrogens with one attached hydrogen (secondary N) is 1. The van der Waals surface area contributed by atoms with Crippen molar-refractivity contribution >= 4 is 0 Å². The van der Waals surface area contributed by atoms with Gasteiger partial charge in [0.1, 0.15) is 0 Å². The van der Waals surface area contributed by atoms with Gasteiger partial charge in [0, 0.05) is 37.4 Å². The van der Waals surface area contributed by atoms with Gasteiger partial charge in [-0.1, -0.05) is 42.4 Å². The molecule has 1 aliphatic heterocycles. The lowest BCUT2D eigenvalue weighted by atomic mass is 9.90. The maximum Gasteiger partial charge on any atom is 0.167 e. The van der Waals surface area contributed by atoms with Crippen molar-refractivity contribution < 1.29 is 9.26 Å². The van der Waals surface area contributed by atoms with E-state index in [0.717, 1.165) is 56.0 Å². The van der Waals surface area contributed by atoms with Crippen LogP contribution in [0.25, 0.3) is 11.3 Å². The van der Waals surface area contributed by atoms with Crippen LogP contribution in [0.3, 0.4) is 0 Å². The Labute approximate surface area is 131 Å². The predicted molar refractivity (Wildman–Crippen MR) is 86.4 cm³/mol. The van der Waals surface area contributed by atoms with Crippen LogP contribution in [0.5, 0.6) is 0 Å². The van der Waals surface area contributed by atoms with E-state index in [9.17, 15) is 0 Å². The number of rotatable bonds is 6. The summed E-state index contributed by atoms with van der Waals surface area (Å²) in [6.07, 6.45) is 3.44. The minimum atomic E-state index is 0.528. The highest BCUT2D eigenvalue weighted by Crippen LogP contribution is 2.22. The average Bonchev–Trinajstić information content (AvgIpc) is 3.06. The zero-order valence-corrected chi connectivity index (χ0v) is 13.1. The van der Waals surface area contributed by atoms with Crippen molar-refractivity contribution in [3.05, 3.63) is 42.1 Å². The Morgan fingerprint density at radius 2 is 2.00 bits per heavy atom. The van der Waals surface area contributed by atoms with E-state index < -0.39 is 0 Å². The first-order valence-corrected chi connectivity index (χ1v) is 8.19. The Morgan fingerprint density at radius 3 is 2.73 bits per heavy atom. The highest BCUT2D eigenvalue weighted by Gasteiger charge is 2.22. The SMILES string of the molecule is CCC(NCc1cc(-c2ccccc2)on1)C1CCOCC1. The standard InChI is InChI=1S/C18H24N2O2/c1-2-17(14-8-10-21-11-9-14)19-13-16-12-18(22-20-16)15-6-4-3-5-7-15/h3-7,12,14,17,19H,2,8-11,13H2,1H3. The lowest BCUT2D eigenvalue weighted by Crippen LogP contribution is -2.38. The molecule has 1 aliphatic rings. The number of ether oxygens (including phenoxy) is 1. The van der Waals surface area contributed by atoms with Crippen LogP contribution in [0, 0.1) is 5.92 Å². The molecule has 4 nitrogen and oxygen atoms in total. The van der Waals surface area contributed by atoms with Gasteiger partial charge in [-0.3, -0.25) is 0 Å². The van der Waals surface area contributed by atoms with Crippen molar-refractivity contribution in [2.24, 2.45) is 5.92 Å². The van der Waals surface area contributed by atoms with Crippen LogP contribution >= 0.6 is 0 Å². The van der Waals surface area contributed by atoms with Gasteiger partial charge in [0.05, 0.1) is 5.69 Å². The number of hydrogen-bond acceptors (Lipinski definition) is 4. The molecule has 4 heteroatoms. The van der Waals surface area contributed by atoms with E-state index in [1.165, 1.54) is 0 Å². The molecule has 1 fully saturated rings. The van der Waals surface area contributed by atoms with Gasteiger partial charge in [0.2, 0.25) is 0 Å². The van der Waals surface area contributed by atoms with Gasteiger partial charge in [-0.25, -0.2) is 0 Å². The van der Waals surface area contributed by atoms with E-state index in [1.54, 1.807) is 0 Å². The largest absolute Gasteiger partial charge is 0.381 e. The minimum absolute atomic E-state index is 0.528. The monoisotopic (exact) mass is 300 g/mol. The maximum absolute atomic E-state index is 5.45. The fourth-order valence-electron chi connectivity index (χ4n) is 3.13. The molecule has 2 heterocycles. The topological polar surface area (TPSA) is 47.3 Å². The summed E-state index contributed by atoms with van der Waals surface area (Å²) < 4.78 is 10.9. The summed E-state index contributed by atoms with van der Waals surface area (Å²) in [5, 5.41) is 7.82. The second-order valence-corrected chi connectivity index (χ2v) is 5.89. The molecule has 3 rings (SSSR count). The highest BCUT2D eigenvalue weighted by atomic mass is 16.5. The molecule has 118 valence electrons. The Kier molecular flexibility index (Phi) is 5.24. The van der Waals surface area contributed by atoms with Gasteiger partial charge in [0.15, 0.2) is 5.76 Å². The first-order valence-electron chi connectivity index (χ1n) is 8.19. The second kappa shape index (κ2) is 7.56. The van der Waals surface area contributed by atoms with Crippen LogP contribution in [0.4, 0.5) is 0 Å². The van der Waals surface area contributed by atoms with Crippen molar-refractivity contribution in [2.75, 3.05) is 13.2 Å². The van der Waals surface area contributed by atoms with E-state index in [0.29, 0.717) is 12.0 Å². The van der Waals surface area contributed by atoms with Crippen LogP contribution < -0.4 is 5.32 Å². The number of benzene rings is 1. The quantitative estimate of drug-likeness (QED) is 0.885. The molecule has 0 amide bonds. The Morgan fingerprint density at radius 1 is 1.23 bits per heavy atom. The number of aromatic nitrogens is 1. The molecule has 1 N–H and O–H groups in total. The summed E-state index contributed by atoms with van der Waals surface area (Å²) in [5.74, 6) is 1.54. The summed E-state index contributed by atoms with van der Waals surface area (Å²) in [6.45, 7) is 4.79. The van der Waals surface area contributed by atoms with Crippen LogP contribution in [-0.2, 0) is 11.3 Å². The zero-order valence-electron chi connectivity index (χ0n) is 13.1. The van der Waals surface area contributed by atoms with Crippen LogP contribution in [0.1, 0.15) is 31.9 Å². The third-order valence-electron chi connectivity index (χ3n) is 4.44. The van der Waals surface area contributed by atoms with E-state index in [-0.39, 0.29) is 0 Å². The highest BCUT2D eigenvalue weighted by molar-refractivity contribution is 5.56. The first kappa shape index (κ1) is 15.3. The molecule has 0 saturated carbocycles. The molecule has 1 saturated heterocycles. The molecule has 2 aromatic rings. The van der Waals surface area contributed by atoms with Crippen molar-refractivity contribution in [3.63, 3.8) is 0 Å². The Bertz CT molecular complexity index is 561. The molecule has 22 heavy (non-hydrogen) atoms. The van der Waals surface area contributed by atoms with Crippen molar-refractivity contribution in [1.29, 1.82) is 0 Å². The number of nitrogens with zero attached hydrogens (tertiary/aromatic N) is 1. The average molecular weight is 300 g/mol. The molecule has 0 spiro atoms. The summed E-state index contributed by atoms with van der Waals surface area (Å²) in [7, 11) is 0. The van der Waals surface area contributed by atoms with Crippen molar-refractivity contribution in [2.45, 2.75) is 38.8 Å². The third-order valence-corrected chi connectivity index (χ3v) is 4.44.